The van der Waals surface area contributed by atoms with Crippen LogP contribution >= 0.6 is 0 Å². The summed E-state index contributed by atoms with van der Waals surface area (Å²) in [5.41, 5.74) is 3.76. The summed E-state index contributed by atoms with van der Waals surface area (Å²) >= 11 is 0. The van der Waals surface area contributed by atoms with Gasteiger partial charge in [0.2, 0.25) is 5.91 Å². The van der Waals surface area contributed by atoms with Gasteiger partial charge in [-0.3, -0.25) is 9.59 Å². The number of hydrogen-bond donors (Lipinski definition) is 1. The lowest BCUT2D eigenvalue weighted by atomic mass is 10.0. The molecule has 170 valence electrons. The number of likely N-dealkylation sites (tertiary alicyclic amines) is 1. The number of anilines is 1. The van der Waals surface area contributed by atoms with Gasteiger partial charge in [0.15, 0.2) is 0 Å². The number of nitrogens with zero attached hydrogens (tertiary/aromatic N) is 4. The predicted molar refractivity (Wildman–Crippen MR) is 121 cm³/mol. The minimum absolute atomic E-state index is 0.0411. The van der Waals surface area contributed by atoms with Crippen molar-refractivity contribution in [2.45, 2.75) is 45.8 Å². The molecule has 8 nitrogen and oxygen atoms in total. The van der Waals surface area contributed by atoms with Gasteiger partial charge in [0, 0.05) is 63.7 Å². The Bertz CT molecular complexity index is 975. The molecule has 0 radical (unpaired) electrons. The topological polar surface area (TPSA) is 87.7 Å². The molecule has 2 aliphatic heterocycles. The number of rotatable bonds is 6. The molecule has 1 N–H and O–H groups in total. The Labute approximate surface area is 189 Å². The van der Waals surface area contributed by atoms with Crippen molar-refractivity contribution in [3.8, 4) is 0 Å². The van der Waals surface area contributed by atoms with E-state index in [-0.39, 0.29) is 17.7 Å². The first-order valence-electron chi connectivity index (χ1n) is 11.3. The minimum Gasteiger partial charge on any atom is -0.377 e. The molecule has 2 aliphatic rings. The fraction of sp³-hybridized carbons (Fsp3) is 0.500. The Kier molecular flexibility index (Phi) is 6.69. The predicted octanol–water partition coefficient (Wildman–Crippen LogP) is 2.59. The van der Waals surface area contributed by atoms with Crippen LogP contribution < -0.4 is 5.32 Å². The van der Waals surface area contributed by atoms with Gasteiger partial charge in [-0.15, -0.1) is 0 Å². The second kappa shape index (κ2) is 9.65. The zero-order chi connectivity index (χ0) is 22.7. The van der Waals surface area contributed by atoms with E-state index >= 15 is 0 Å². The molecule has 1 atom stereocenters. The molecule has 0 aliphatic carbocycles. The largest absolute Gasteiger partial charge is 0.377 e. The molecule has 1 aromatic heterocycles. The summed E-state index contributed by atoms with van der Waals surface area (Å²) in [6.45, 7) is 7.31. The van der Waals surface area contributed by atoms with E-state index in [1.807, 2.05) is 48.0 Å². The molecule has 1 saturated heterocycles. The molecule has 2 aromatic rings. The van der Waals surface area contributed by atoms with Crippen LogP contribution in [0.15, 0.2) is 24.3 Å². The van der Waals surface area contributed by atoms with E-state index in [9.17, 15) is 9.59 Å². The van der Waals surface area contributed by atoms with Crippen molar-refractivity contribution in [1.29, 1.82) is 0 Å². The Balaban J connectivity index is 1.46. The molecule has 1 unspecified atom stereocenters. The van der Waals surface area contributed by atoms with E-state index in [0.717, 1.165) is 41.3 Å². The van der Waals surface area contributed by atoms with Crippen LogP contribution in [-0.2, 0) is 29.1 Å². The summed E-state index contributed by atoms with van der Waals surface area (Å²) in [6, 6.07) is 7.65. The number of carbonyl (C=O) groups excluding carboxylic acids is 2. The zero-order valence-electron chi connectivity index (χ0n) is 19.1. The van der Waals surface area contributed by atoms with E-state index in [1.54, 1.807) is 6.92 Å². The van der Waals surface area contributed by atoms with Crippen LogP contribution in [0.1, 0.15) is 59.2 Å². The summed E-state index contributed by atoms with van der Waals surface area (Å²) in [5, 5.41) is 3.18. The van der Waals surface area contributed by atoms with Gasteiger partial charge >= 0.3 is 0 Å². The number of aromatic nitrogens is 2. The van der Waals surface area contributed by atoms with Gasteiger partial charge in [-0.05, 0) is 31.0 Å². The summed E-state index contributed by atoms with van der Waals surface area (Å²) < 4.78 is 5.42. The normalized spacial score (nSPS) is 17.9. The number of fused-ring (bicyclic) bond motifs is 1. The number of benzene rings is 1. The molecule has 8 heteroatoms. The number of ether oxygens (including phenoxy) is 1. The first-order chi connectivity index (χ1) is 15.5. The van der Waals surface area contributed by atoms with Gasteiger partial charge in [-0.1, -0.05) is 12.1 Å². The molecule has 0 saturated carbocycles. The molecule has 0 bridgehead atoms. The van der Waals surface area contributed by atoms with Gasteiger partial charge < -0.3 is 19.9 Å². The average molecular weight is 438 g/mol. The van der Waals surface area contributed by atoms with Crippen molar-refractivity contribution in [2.24, 2.45) is 0 Å². The van der Waals surface area contributed by atoms with Crippen LogP contribution in [0, 0.1) is 0 Å². The average Bonchev–Trinajstić information content (AvgIpc) is 3.32. The van der Waals surface area contributed by atoms with E-state index in [2.05, 4.69) is 5.32 Å². The van der Waals surface area contributed by atoms with E-state index < -0.39 is 0 Å². The molecule has 2 amide bonds. The fourth-order valence-electron chi connectivity index (χ4n) is 4.39. The van der Waals surface area contributed by atoms with Crippen LogP contribution in [0.25, 0.3) is 0 Å². The standard InChI is InChI=1S/C24H31N5O3/c1-4-32-15-17-5-7-18(8-6-17)24(31)29-11-9-19(13-29)22-26-21-10-12-28(16(2)30)14-20(21)23(25-3)27-22/h5-8,19H,4,9-15H2,1-3H3,(H,25,26,27). The lowest BCUT2D eigenvalue weighted by Crippen LogP contribution is -2.35. The number of amides is 2. The molecule has 1 aromatic carbocycles. The Hall–Kier alpha value is -3.00. The van der Waals surface area contributed by atoms with Crippen molar-refractivity contribution in [1.82, 2.24) is 19.8 Å². The van der Waals surface area contributed by atoms with Gasteiger partial charge in [0.1, 0.15) is 11.6 Å². The quantitative estimate of drug-likeness (QED) is 0.747. The first-order valence-corrected chi connectivity index (χ1v) is 11.3. The van der Waals surface area contributed by atoms with Gasteiger partial charge in [-0.2, -0.15) is 0 Å². The van der Waals surface area contributed by atoms with E-state index in [0.29, 0.717) is 45.0 Å². The van der Waals surface area contributed by atoms with Gasteiger partial charge in [0.25, 0.3) is 5.91 Å². The molecule has 0 spiro atoms. The summed E-state index contributed by atoms with van der Waals surface area (Å²) in [5.74, 6) is 1.79. The van der Waals surface area contributed by atoms with Crippen molar-refractivity contribution in [3.63, 3.8) is 0 Å². The number of hydrogen-bond acceptors (Lipinski definition) is 6. The molecule has 32 heavy (non-hydrogen) atoms. The molecular formula is C24H31N5O3. The highest BCUT2D eigenvalue weighted by atomic mass is 16.5. The van der Waals surface area contributed by atoms with Crippen LogP contribution in [0.4, 0.5) is 5.82 Å². The molecule has 3 heterocycles. The van der Waals surface area contributed by atoms with Crippen molar-refractivity contribution in [2.75, 3.05) is 38.6 Å². The van der Waals surface area contributed by atoms with Gasteiger partial charge in [-0.25, -0.2) is 9.97 Å². The maximum Gasteiger partial charge on any atom is 0.253 e. The first kappa shape index (κ1) is 22.2. The maximum atomic E-state index is 13.0. The third-order valence-corrected chi connectivity index (χ3v) is 6.27. The van der Waals surface area contributed by atoms with Crippen LogP contribution in [-0.4, -0.2) is 64.9 Å². The number of carbonyl (C=O) groups is 2. The van der Waals surface area contributed by atoms with E-state index in [1.165, 1.54) is 0 Å². The van der Waals surface area contributed by atoms with Crippen LogP contribution in [0.3, 0.4) is 0 Å². The highest BCUT2D eigenvalue weighted by Crippen LogP contribution is 2.30. The highest BCUT2D eigenvalue weighted by Gasteiger charge is 2.32. The lowest BCUT2D eigenvalue weighted by molar-refractivity contribution is -0.129. The Morgan fingerprint density at radius 2 is 1.94 bits per heavy atom. The summed E-state index contributed by atoms with van der Waals surface area (Å²) in [6.07, 6.45) is 1.57. The molecular weight excluding hydrogens is 406 g/mol. The van der Waals surface area contributed by atoms with Crippen LogP contribution in [0.5, 0.6) is 0 Å². The second-order valence-corrected chi connectivity index (χ2v) is 8.37. The number of nitrogens with one attached hydrogen (secondary N) is 1. The maximum absolute atomic E-state index is 13.0. The summed E-state index contributed by atoms with van der Waals surface area (Å²) in [7, 11) is 1.85. The molecule has 4 rings (SSSR count). The fourth-order valence-corrected chi connectivity index (χ4v) is 4.39. The van der Waals surface area contributed by atoms with Crippen molar-refractivity contribution < 1.29 is 14.3 Å². The highest BCUT2D eigenvalue weighted by molar-refractivity contribution is 5.94. The molecule has 1 fully saturated rings. The monoisotopic (exact) mass is 437 g/mol. The third kappa shape index (κ3) is 4.60. The lowest BCUT2D eigenvalue weighted by Gasteiger charge is -2.29. The second-order valence-electron chi connectivity index (χ2n) is 8.37. The zero-order valence-corrected chi connectivity index (χ0v) is 19.1. The SMILES string of the molecule is CCOCc1ccc(C(=O)N2CCC(c3nc4c(c(NC)n3)CN(C(C)=O)CC4)C2)cc1. The summed E-state index contributed by atoms with van der Waals surface area (Å²) in [4.78, 5) is 38.1. The van der Waals surface area contributed by atoms with Gasteiger partial charge in [0.05, 0.1) is 18.8 Å². The third-order valence-electron chi connectivity index (χ3n) is 6.27. The Morgan fingerprint density at radius 1 is 1.16 bits per heavy atom. The Morgan fingerprint density at radius 3 is 2.62 bits per heavy atom. The van der Waals surface area contributed by atoms with Crippen molar-refractivity contribution >= 4 is 17.6 Å². The minimum atomic E-state index is 0.0411. The smallest absolute Gasteiger partial charge is 0.253 e. The van der Waals surface area contributed by atoms with E-state index in [4.69, 9.17) is 14.7 Å². The van der Waals surface area contributed by atoms with Crippen LogP contribution in [0.2, 0.25) is 0 Å². The van der Waals surface area contributed by atoms with Crippen molar-refractivity contribution in [3.05, 3.63) is 52.5 Å².